The first-order valence-corrected chi connectivity index (χ1v) is 10.5. The van der Waals surface area contributed by atoms with E-state index >= 15 is 0 Å². The van der Waals surface area contributed by atoms with E-state index < -0.39 is 16.1 Å². The highest BCUT2D eigenvalue weighted by molar-refractivity contribution is 7.89. The third-order valence-electron chi connectivity index (χ3n) is 4.15. The van der Waals surface area contributed by atoms with Gasteiger partial charge in [0.15, 0.2) is 0 Å². The molecule has 0 spiro atoms. The van der Waals surface area contributed by atoms with Crippen LogP contribution in [0.1, 0.15) is 26.3 Å². The number of sulfonamides is 1. The number of hydrogen-bond donors (Lipinski definition) is 1. The number of benzene rings is 1. The number of carbonyl (C=O) groups is 1. The van der Waals surface area contributed by atoms with Crippen LogP contribution in [-0.2, 0) is 30.9 Å². The first-order chi connectivity index (χ1) is 12.3. The summed E-state index contributed by atoms with van der Waals surface area (Å²) in [7, 11) is -3.43. The van der Waals surface area contributed by atoms with Crippen molar-refractivity contribution in [2.45, 2.75) is 45.7 Å². The molecule has 1 aromatic carbocycles. The van der Waals surface area contributed by atoms with Gasteiger partial charge in [0.05, 0.1) is 24.6 Å². The molecule has 26 heavy (non-hydrogen) atoms. The summed E-state index contributed by atoms with van der Waals surface area (Å²) in [6.45, 7) is 6.43. The zero-order valence-electron chi connectivity index (χ0n) is 15.6. The molecule has 1 saturated heterocycles. The van der Waals surface area contributed by atoms with Crippen LogP contribution in [0.4, 0.5) is 0 Å². The van der Waals surface area contributed by atoms with Crippen LogP contribution < -0.4 is 5.32 Å². The lowest BCUT2D eigenvalue weighted by Gasteiger charge is -2.34. The quantitative estimate of drug-likeness (QED) is 0.727. The summed E-state index contributed by atoms with van der Waals surface area (Å²) in [5, 5.41) is 2.64. The normalized spacial score (nSPS) is 22.7. The van der Waals surface area contributed by atoms with E-state index in [0.717, 1.165) is 5.56 Å². The van der Waals surface area contributed by atoms with Gasteiger partial charge in [-0.3, -0.25) is 4.79 Å². The van der Waals surface area contributed by atoms with Crippen molar-refractivity contribution < 1.29 is 22.7 Å². The zero-order chi connectivity index (χ0) is 19.2. The predicted molar refractivity (Wildman–Crippen MR) is 99.1 cm³/mol. The van der Waals surface area contributed by atoms with E-state index in [9.17, 15) is 13.2 Å². The van der Waals surface area contributed by atoms with E-state index in [4.69, 9.17) is 9.47 Å². The van der Waals surface area contributed by atoms with Crippen LogP contribution in [0.2, 0.25) is 0 Å². The summed E-state index contributed by atoms with van der Waals surface area (Å²) >= 11 is 0. The van der Waals surface area contributed by atoms with Gasteiger partial charge in [-0.2, -0.15) is 4.31 Å². The number of rotatable bonds is 8. The Labute approximate surface area is 155 Å². The van der Waals surface area contributed by atoms with Crippen LogP contribution >= 0.6 is 0 Å². The second kappa shape index (κ2) is 9.45. The molecule has 0 aliphatic carbocycles. The molecule has 1 aliphatic rings. The maximum atomic E-state index is 12.4. The third kappa shape index (κ3) is 6.35. The number of nitrogens with one attached hydrogen (secondary N) is 1. The molecule has 1 N–H and O–H groups in total. The van der Waals surface area contributed by atoms with E-state index in [1.54, 1.807) is 6.92 Å². The first kappa shape index (κ1) is 20.8. The standard InChI is InChI=1S/C18H28N2O5S/c1-14-11-20(12-15(2)25-14)26(22,23)10-9-19-18(21)16(3)24-13-17-7-5-4-6-8-17/h4-8,14-16H,9-13H2,1-3H3,(H,19,21)/t14-,15+,16-/m1/s1. The van der Waals surface area contributed by atoms with Crippen LogP contribution in [0.5, 0.6) is 0 Å². The van der Waals surface area contributed by atoms with Crippen molar-refractivity contribution in [3.63, 3.8) is 0 Å². The molecule has 8 heteroatoms. The highest BCUT2D eigenvalue weighted by Crippen LogP contribution is 2.14. The number of amides is 1. The van der Waals surface area contributed by atoms with Gasteiger partial charge in [-0.25, -0.2) is 8.42 Å². The van der Waals surface area contributed by atoms with Gasteiger partial charge in [-0.1, -0.05) is 30.3 Å². The zero-order valence-corrected chi connectivity index (χ0v) is 16.4. The molecule has 1 amide bonds. The molecule has 146 valence electrons. The summed E-state index contributed by atoms with van der Waals surface area (Å²) < 4.78 is 37.4. The van der Waals surface area contributed by atoms with Gasteiger partial charge in [-0.15, -0.1) is 0 Å². The summed E-state index contributed by atoms with van der Waals surface area (Å²) in [6, 6.07) is 9.56. The Morgan fingerprint density at radius 2 is 1.88 bits per heavy atom. The summed E-state index contributed by atoms with van der Waals surface area (Å²) in [6.07, 6.45) is -0.912. The fraction of sp³-hybridized carbons (Fsp3) is 0.611. The van der Waals surface area contributed by atoms with Gasteiger partial charge < -0.3 is 14.8 Å². The molecule has 3 atom stereocenters. The van der Waals surface area contributed by atoms with Crippen LogP contribution in [0.3, 0.4) is 0 Å². The molecule has 0 unspecified atom stereocenters. The predicted octanol–water partition coefficient (Wildman–Crippen LogP) is 1.15. The van der Waals surface area contributed by atoms with Crippen molar-refractivity contribution in [3.8, 4) is 0 Å². The molecule has 0 saturated carbocycles. The van der Waals surface area contributed by atoms with Crippen molar-refractivity contribution in [2.75, 3.05) is 25.4 Å². The molecule has 1 fully saturated rings. The van der Waals surface area contributed by atoms with E-state index in [-0.39, 0.29) is 30.4 Å². The van der Waals surface area contributed by atoms with Gasteiger partial charge in [-0.05, 0) is 26.3 Å². The van der Waals surface area contributed by atoms with Crippen LogP contribution in [-0.4, -0.2) is 62.3 Å². The summed E-state index contributed by atoms with van der Waals surface area (Å²) in [5.41, 5.74) is 0.977. The maximum absolute atomic E-state index is 12.4. The smallest absolute Gasteiger partial charge is 0.248 e. The second-order valence-corrected chi connectivity index (χ2v) is 8.71. The van der Waals surface area contributed by atoms with Crippen LogP contribution in [0.15, 0.2) is 30.3 Å². The molecule has 0 aromatic heterocycles. The number of morpholine rings is 1. The molecule has 2 rings (SSSR count). The van der Waals surface area contributed by atoms with Crippen molar-refractivity contribution in [1.29, 1.82) is 0 Å². The molecular weight excluding hydrogens is 356 g/mol. The average molecular weight is 384 g/mol. The topological polar surface area (TPSA) is 84.9 Å². The van der Waals surface area contributed by atoms with Crippen LogP contribution in [0, 0.1) is 0 Å². The van der Waals surface area contributed by atoms with Crippen molar-refractivity contribution in [1.82, 2.24) is 9.62 Å². The highest BCUT2D eigenvalue weighted by Gasteiger charge is 2.30. The maximum Gasteiger partial charge on any atom is 0.248 e. The number of hydrogen-bond acceptors (Lipinski definition) is 5. The minimum atomic E-state index is -3.43. The lowest BCUT2D eigenvalue weighted by atomic mass is 10.2. The fourth-order valence-corrected chi connectivity index (χ4v) is 4.30. The minimum absolute atomic E-state index is 0.0559. The monoisotopic (exact) mass is 384 g/mol. The van der Waals surface area contributed by atoms with Crippen molar-refractivity contribution in [3.05, 3.63) is 35.9 Å². The summed E-state index contributed by atoms with van der Waals surface area (Å²) in [4.78, 5) is 12.1. The van der Waals surface area contributed by atoms with Gasteiger partial charge in [0.2, 0.25) is 15.9 Å². The number of ether oxygens (including phenoxy) is 2. The van der Waals surface area contributed by atoms with Crippen molar-refractivity contribution >= 4 is 15.9 Å². The summed E-state index contributed by atoms with van der Waals surface area (Å²) in [5.74, 6) is -0.455. The van der Waals surface area contributed by atoms with Gasteiger partial charge in [0.1, 0.15) is 6.10 Å². The van der Waals surface area contributed by atoms with Crippen molar-refractivity contribution in [2.24, 2.45) is 0 Å². The number of carbonyl (C=O) groups excluding carboxylic acids is 1. The Hall–Kier alpha value is -1.48. The van der Waals surface area contributed by atoms with Gasteiger partial charge in [0, 0.05) is 19.6 Å². The van der Waals surface area contributed by atoms with E-state index in [1.165, 1.54) is 4.31 Å². The minimum Gasteiger partial charge on any atom is -0.373 e. The fourth-order valence-electron chi connectivity index (χ4n) is 2.81. The Morgan fingerprint density at radius 3 is 2.50 bits per heavy atom. The molecule has 7 nitrogen and oxygen atoms in total. The highest BCUT2D eigenvalue weighted by atomic mass is 32.2. The first-order valence-electron chi connectivity index (χ1n) is 8.84. The van der Waals surface area contributed by atoms with E-state index in [1.807, 2.05) is 44.2 Å². The Bertz CT molecular complexity index is 670. The molecule has 1 aliphatic heterocycles. The molecule has 1 heterocycles. The van der Waals surface area contributed by atoms with E-state index in [0.29, 0.717) is 19.7 Å². The largest absolute Gasteiger partial charge is 0.373 e. The third-order valence-corrected chi connectivity index (χ3v) is 5.96. The molecular formula is C18H28N2O5S. The van der Waals surface area contributed by atoms with E-state index in [2.05, 4.69) is 5.32 Å². The number of nitrogens with zero attached hydrogens (tertiary/aromatic N) is 1. The molecule has 0 radical (unpaired) electrons. The average Bonchev–Trinajstić information content (AvgIpc) is 2.59. The van der Waals surface area contributed by atoms with Gasteiger partial charge >= 0.3 is 0 Å². The Morgan fingerprint density at radius 1 is 1.27 bits per heavy atom. The Kier molecular flexibility index (Phi) is 7.57. The van der Waals surface area contributed by atoms with Gasteiger partial charge in [0.25, 0.3) is 0 Å². The Balaban J connectivity index is 1.74. The molecule has 1 aromatic rings. The second-order valence-electron chi connectivity index (χ2n) is 6.62. The lowest BCUT2D eigenvalue weighted by molar-refractivity contribution is -0.132. The van der Waals surface area contributed by atoms with Crippen LogP contribution in [0.25, 0.3) is 0 Å². The SMILES string of the molecule is C[C@@H]1CN(S(=O)(=O)CCNC(=O)[C@@H](C)OCc2ccccc2)C[C@H](C)O1. The lowest BCUT2D eigenvalue weighted by Crippen LogP contribution is -2.50. The molecule has 0 bridgehead atoms.